The topological polar surface area (TPSA) is 94.9 Å². The van der Waals surface area contributed by atoms with Crippen molar-refractivity contribution in [2.45, 2.75) is 6.92 Å². The summed E-state index contributed by atoms with van der Waals surface area (Å²) in [4.78, 5) is 32.5. The van der Waals surface area contributed by atoms with Crippen LogP contribution in [0, 0.1) is 12.7 Å². The van der Waals surface area contributed by atoms with Gasteiger partial charge in [-0.3, -0.25) is 19.3 Å². The van der Waals surface area contributed by atoms with E-state index in [1.807, 2.05) is 18.1 Å². The zero-order chi connectivity index (χ0) is 21.7. The average Bonchev–Trinajstić information content (AvgIpc) is 3.15. The van der Waals surface area contributed by atoms with E-state index in [9.17, 15) is 14.0 Å². The van der Waals surface area contributed by atoms with E-state index in [2.05, 4.69) is 20.7 Å². The number of nitrogens with one attached hydrogen (secondary N) is 2. The number of hydrogen-bond acceptors (Lipinski definition) is 4. The first kappa shape index (κ1) is 21.3. The Morgan fingerprint density at radius 2 is 2.03 bits per heavy atom. The first-order chi connectivity index (χ1) is 14.4. The van der Waals surface area contributed by atoms with Crippen molar-refractivity contribution in [1.82, 2.24) is 25.3 Å². The van der Waals surface area contributed by atoms with E-state index in [4.69, 9.17) is 0 Å². The number of rotatable bonds is 5. The first-order valence-corrected chi connectivity index (χ1v) is 9.68. The Morgan fingerprint density at radius 1 is 1.27 bits per heavy atom. The number of carbonyl (C=O) groups is 2. The van der Waals surface area contributed by atoms with Gasteiger partial charge in [0.05, 0.1) is 11.9 Å². The molecule has 0 saturated carbocycles. The second-order valence-corrected chi connectivity index (χ2v) is 7.03. The van der Waals surface area contributed by atoms with E-state index in [1.54, 1.807) is 41.9 Å². The number of guanidine groups is 1. The van der Waals surface area contributed by atoms with E-state index < -0.39 is 5.82 Å². The van der Waals surface area contributed by atoms with Gasteiger partial charge in [-0.1, -0.05) is 6.07 Å². The quantitative estimate of drug-likeness (QED) is 0.422. The highest BCUT2D eigenvalue weighted by molar-refractivity contribution is 5.98. The summed E-state index contributed by atoms with van der Waals surface area (Å²) in [5.74, 6) is -0.195. The van der Waals surface area contributed by atoms with Crippen molar-refractivity contribution in [3.63, 3.8) is 0 Å². The molecule has 0 spiro atoms. The van der Waals surface area contributed by atoms with E-state index in [1.165, 1.54) is 6.07 Å². The molecule has 2 amide bonds. The zero-order valence-corrected chi connectivity index (χ0v) is 17.4. The molecule has 3 rings (SSSR count). The van der Waals surface area contributed by atoms with E-state index in [0.29, 0.717) is 37.7 Å². The molecule has 1 aliphatic heterocycles. The molecule has 1 aromatic heterocycles. The van der Waals surface area contributed by atoms with Crippen LogP contribution in [-0.4, -0.2) is 72.2 Å². The number of nitrogens with zero attached hydrogens (tertiary/aromatic N) is 5. The summed E-state index contributed by atoms with van der Waals surface area (Å²) in [6, 6.07) is 4.39. The monoisotopic (exact) mass is 415 g/mol. The fraction of sp³-hybridized carbons (Fsp3) is 0.400. The Labute approximate surface area is 174 Å². The van der Waals surface area contributed by atoms with Gasteiger partial charge in [0.25, 0.3) is 5.91 Å². The van der Waals surface area contributed by atoms with Crippen LogP contribution < -0.4 is 15.5 Å². The Balaban J connectivity index is 1.46. The molecular formula is C20H26FN7O2. The highest BCUT2D eigenvalue weighted by atomic mass is 19.1. The SMILES string of the molecule is CN=C(NCCNC(=O)c1ccc(C)c(F)c1)N1CCN(c2cnn(C)c2)C(=O)C1. The molecule has 1 fully saturated rings. The molecule has 0 radical (unpaired) electrons. The molecule has 1 aromatic carbocycles. The number of amides is 2. The molecule has 9 nitrogen and oxygen atoms in total. The Bertz CT molecular complexity index is 956. The minimum Gasteiger partial charge on any atom is -0.354 e. The molecule has 1 aliphatic rings. The molecule has 1 saturated heterocycles. The van der Waals surface area contributed by atoms with Crippen LogP contribution in [-0.2, 0) is 11.8 Å². The van der Waals surface area contributed by atoms with Crippen LogP contribution in [0.3, 0.4) is 0 Å². The van der Waals surface area contributed by atoms with Crippen molar-refractivity contribution < 1.29 is 14.0 Å². The van der Waals surface area contributed by atoms with Crippen LogP contribution in [0.2, 0.25) is 0 Å². The number of aryl methyl sites for hydroxylation is 2. The first-order valence-electron chi connectivity index (χ1n) is 9.68. The van der Waals surface area contributed by atoms with Crippen molar-refractivity contribution in [3.8, 4) is 0 Å². The summed E-state index contributed by atoms with van der Waals surface area (Å²) in [6.45, 7) is 3.74. The van der Waals surface area contributed by atoms with Crippen LogP contribution >= 0.6 is 0 Å². The van der Waals surface area contributed by atoms with Gasteiger partial charge >= 0.3 is 0 Å². The maximum absolute atomic E-state index is 13.6. The lowest BCUT2D eigenvalue weighted by molar-refractivity contribution is -0.120. The maximum atomic E-state index is 13.6. The lowest BCUT2D eigenvalue weighted by Gasteiger charge is -2.35. The van der Waals surface area contributed by atoms with Crippen LogP contribution in [0.4, 0.5) is 10.1 Å². The molecule has 0 atom stereocenters. The smallest absolute Gasteiger partial charge is 0.251 e. The van der Waals surface area contributed by atoms with Gasteiger partial charge in [0.2, 0.25) is 5.91 Å². The third-order valence-electron chi connectivity index (χ3n) is 4.86. The normalized spacial score (nSPS) is 14.8. The van der Waals surface area contributed by atoms with Gasteiger partial charge in [-0.2, -0.15) is 5.10 Å². The number of halogens is 1. The van der Waals surface area contributed by atoms with Crippen LogP contribution in [0.5, 0.6) is 0 Å². The van der Waals surface area contributed by atoms with Gasteiger partial charge in [-0.15, -0.1) is 0 Å². The lowest BCUT2D eigenvalue weighted by atomic mass is 10.1. The summed E-state index contributed by atoms with van der Waals surface area (Å²) >= 11 is 0. The maximum Gasteiger partial charge on any atom is 0.251 e. The number of piperazine rings is 1. The second kappa shape index (κ2) is 9.38. The van der Waals surface area contributed by atoms with E-state index in [0.717, 1.165) is 5.69 Å². The van der Waals surface area contributed by atoms with Crippen molar-refractivity contribution in [3.05, 3.63) is 47.5 Å². The number of benzene rings is 1. The van der Waals surface area contributed by atoms with Crippen molar-refractivity contribution in [2.75, 3.05) is 44.7 Å². The Hall–Kier alpha value is -3.43. The zero-order valence-electron chi connectivity index (χ0n) is 17.4. The summed E-state index contributed by atoms with van der Waals surface area (Å²) in [5, 5.41) is 10.00. The lowest BCUT2D eigenvalue weighted by Crippen LogP contribution is -2.55. The molecule has 160 valence electrons. The molecule has 2 aromatic rings. The number of aliphatic imine (C=N–C) groups is 1. The van der Waals surface area contributed by atoms with E-state index in [-0.39, 0.29) is 23.9 Å². The molecule has 30 heavy (non-hydrogen) atoms. The molecule has 0 bridgehead atoms. The van der Waals surface area contributed by atoms with Crippen LogP contribution in [0.1, 0.15) is 15.9 Å². The van der Waals surface area contributed by atoms with Gasteiger partial charge in [-0.25, -0.2) is 4.39 Å². The van der Waals surface area contributed by atoms with Gasteiger partial charge in [0.1, 0.15) is 12.4 Å². The summed E-state index contributed by atoms with van der Waals surface area (Å²) in [7, 11) is 3.46. The predicted molar refractivity (Wildman–Crippen MR) is 112 cm³/mol. The predicted octanol–water partition coefficient (Wildman–Crippen LogP) is 0.522. The van der Waals surface area contributed by atoms with Crippen LogP contribution in [0.15, 0.2) is 35.6 Å². The average molecular weight is 415 g/mol. The number of hydrogen-bond donors (Lipinski definition) is 2. The number of aromatic nitrogens is 2. The fourth-order valence-corrected chi connectivity index (χ4v) is 3.19. The van der Waals surface area contributed by atoms with Crippen molar-refractivity contribution in [2.24, 2.45) is 12.0 Å². The molecule has 2 heterocycles. The fourth-order valence-electron chi connectivity index (χ4n) is 3.19. The van der Waals surface area contributed by atoms with Gasteiger partial charge in [0.15, 0.2) is 5.96 Å². The third kappa shape index (κ3) is 4.94. The minimum absolute atomic E-state index is 0.0353. The van der Waals surface area contributed by atoms with Crippen LogP contribution in [0.25, 0.3) is 0 Å². The molecule has 0 aliphatic carbocycles. The molecule has 10 heteroatoms. The van der Waals surface area contributed by atoms with Gasteiger partial charge in [-0.05, 0) is 24.6 Å². The molecule has 2 N–H and O–H groups in total. The highest BCUT2D eigenvalue weighted by Crippen LogP contribution is 2.16. The standard InChI is InChI=1S/C20H26FN7O2/c1-14-4-5-15(10-17(14)21)19(30)23-6-7-24-20(22-2)27-8-9-28(18(29)13-27)16-11-25-26(3)12-16/h4-5,10-12H,6-9,13H2,1-3H3,(H,22,24)(H,23,30). The van der Waals surface area contributed by atoms with Gasteiger partial charge < -0.3 is 20.4 Å². The summed E-state index contributed by atoms with van der Waals surface area (Å²) < 4.78 is 15.3. The van der Waals surface area contributed by atoms with Crippen molar-refractivity contribution in [1.29, 1.82) is 0 Å². The van der Waals surface area contributed by atoms with Crippen molar-refractivity contribution >= 4 is 23.5 Å². The van der Waals surface area contributed by atoms with E-state index >= 15 is 0 Å². The highest BCUT2D eigenvalue weighted by Gasteiger charge is 2.27. The third-order valence-corrected chi connectivity index (χ3v) is 4.86. The number of anilines is 1. The Kier molecular flexibility index (Phi) is 6.65. The summed E-state index contributed by atoms with van der Waals surface area (Å²) in [5.41, 5.74) is 1.55. The second-order valence-electron chi connectivity index (χ2n) is 7.03. The summed E-state index contributed by atoms with van der Waals surface area (Å²) in [6.07, 6.45) is 3.48. The molecule has 0 unspecified atom stereocenters. The largest absolute Gasteiger partial charge is 0.354 e. The Morgan fingerprint density at radius 3 is 2.67 bits per heavy atom. The minimum atomic E-state index is -0.406. The van der Waals surface area contributed by atoms with Gasteiger partial charge in [0, 0.05) is 52.0 Å². The molecular weight excluding hydrogens is 389 g/mol. The number of carbonyl (C=O) groups excluding carboxylic acids is 2.